The molecular weight excluding hydrogens is 408 g/mol. The van der Waals surface area contributed by atoms with Gasteiger partial charge in [0.05, 0.1) is 44.8 Å². The summed E-state index contributed by atoms with van der Waals surface area (Å²) in [4.78, 5) is 19.5. The number of ether oxygens (including phenoxy) is 1. The fraction of sp³-hybridized carbons (Fsp3) is 0.250. The molecule has 0 amide bonds. The van der Waals surface area contributed by atoms with E-state index in [4.69, 9.17) is 4.74 Å². The summed E-state index contributed by atoms with van der Waals surface area (Å²) in [6, 6.07) is 11.3. The first-order chi connectivity index (χ1) is 14.0. The van der Waals surface area contributed by atoms with E-state index >= 15 is 0 Å². The Hall–Kier alpha value is -2.65. The van der Waals surface area contributed by atoms with E-state index in [-0.39, 0.29) is 5.25 Å². The fourth-order valence-corrected chi connectivity index (χ4v) is 4.19. The molecule has 0 aliphatic heterocycles. The van der Waals surface area contributed by atoms with Crippen LogP contribution in [0.2, 0.25) is 0 Å². The maximum atomic E-state index is 11.8. The van der Waals surface area contributed by atoms with Gasteiger partial charge in [0.2, 0.25) is 0 Å². The number of aromatic nitrogens is 2. The maximum absolute atomic E-state index is 11.8. The second-order valence-electron chi connectivity index (χ2n) is 6.23. The molecule has 2 unspecified atom stereocenters. The number of rotatable bonds is 8. The van der Waals surface area contributed by atoms with Crippen LogP contribution in [0.1, 0.15) is 12.5 Å². The summed E-state index contributed by atoms with van der Waals surface area (Å²) in [5.74, 6) is 1.25. The Morgan fingerprint density at radius 3 is 2.79 bits per heavy atom. The van der Waals surface area contributed by atoms with Crippen molar-refractivity contribution >= 4 is 44.9 Å². The Balaban J connectivity index is 2.02. The van der Waals surface area contributed by atoms with Crippen molar-refractivity contribution in [3.05, 3.63) is 42.0 Å². The number of aromatic amines is 1. The minimum Gasteiger partial charge on any atom is -0.495 e. The second-order valence-corrected chi connectivity index (χ2v) is 8.75. The third-order valence-corrected chi connectivity index (χ3v) is 6.10. The summed E-state index contributed by atoms with van der Waals surface area (Å²) in [5, 5.41) is 4.25. The minimum absolute atomic E-state index is 0.0912. The molecule has 0 radical (unpaired) electrons. The van der Waals surface area contributed by atoms with Crippen molar-refractivity contribution in [3.63, 3.8) is 0 Å². The third kappa shape index (κ3) is 4.51. The molecule has 1 aromatic heterocycles. The van der Waals surface area contributed by atoms with E-state index in [1.807, 2.05) is 37.3 Å². The van der Waals surface area contributed by atoms with Gasteiger partial charge in [-0.25, -0.2) is 4.98 Å². The average molecular weight is 431 g/mol. The highest BCUT2D eigenvalue weighted by atomic mass is 32.2. The van der Waals surface area contributed by atoms with E-state index in [9.17, 15) is 9.00 Å². The van der Waals surface area contributed by atoms with Crippen molar-refractivity contribution in [2.24, 2.45) is 5.10 Å². The largest absolute Gasteiger partial charge is 0.495 e. The normalized spacial score (nSPS) is 13.9. The van der Waals surface area contributed by atoms with Crippen LogP contribution in [0.15, 0.2) is 46.4 Å². The summed E-state index contributed by atoms with van der Waals surface area (Å²) in [7, 11) is 2.15. The highest BCUT2D eigenvalue weighted by molar-refractivity contribution is 8.13. The van der Waals surface area contributed by atoms with E-state index in [0.29, 0.717) is 16.5 Å². The Kier molecular flexibility index (Phi) is 6.71. The number of hydrazone groups is 1. The van der Waals surface area contributed by atoms with Crippen LogP contribution in [0.25, 0.3) is 22.4 Å². The molecule has 3 rings (SSSR count). The molecule has 2 atom stereocenters. The Morgan fingerprint density at radius 1 is 1.34 bits per heavy atom. The Morgan fingerprint density at radius 2 is 2.14 bits per heavy atom. The van der Waals surface area contributed by atoms with Gasteiger partial charge in [0.15, 0.2) is 5.62 Å². The first kappa shape index (κ1) is 21.1. The second kappa shape index (κ2) is 9.23. The zero-order valence-corrected chi connectivity index (χ0v) is 18.2. The molecule has 2 N–H and O–H groups in total. The summed E-state index contributed by atoms with van der Waals surface area (Å²) in [6.07, 6.45) is 1.62. The summed E-state index contributed by atoms with van der Waals surface area (Å²) >= 11 is 1.17. The lowest BCUT2D eigenvalue weighted by Gasteiger charge is -2.11. The standard InChI is InChI=1S/C20H22N4O3S2/c1-12(28-11-25)19(24-21-2)13-5-7-15-16(9-13)23-20(22-15)14-6-8-18(29(4)26)17(10-14)27-3/h5-12,21H,1-4H3,(H,22,23)/b24-19+. The molecule has 9 heteroatoms. The lowest BCUT2D eigenvalue weighted by atomic mass is 10.1. The Labute approximate surface area is 175 Å². The minimum atomic E-state index is -1.14. The number of nitrogens with zero attached hydrogens (tertiary/aromatic N) is 2. The summed E-state index contributed by atoms with van der Waals surface area (Å²) in [6.45, 7) is 1.93. The molecule has 0 fully saturated rings. The smallest absolute Gasteiger partial charge is 0.176 e. The Bertz CT molecular complexity index is 1090. The van der Waals surface area contributed by atoms with Crippen LogP contribution in [0.4, 0.5) is 0 Å². The van der Waals surface area contributed by atoms with Crippen LogP contribution < -0.4 is 10.2 Å². The van der Waals surface area contributed by atoms with Crippen LogP contribution in [-0.2, 0) is 15.6 Å². The predicted octanol–water partition coefficient (Wildman–Crippen LogP) is 3.21. The molecule has 0 saturated heterocycles. The van der Waals surface area contributed by atoms with E-state index in [1.165, 1.54) is 11.8 Å². The van der Waals surface area contributed by atoms with Crippen molar-refractivity contribution in [2.45, 2.75) is 17.1 Å². The highest BCUT2D eigenvalue weighted by Gasteiger charge is 2.16. The molecule has 152 valence electrons. The van der Waals surface area contributed by atoms with Gasteiger partial charge in [-0.3, -0.25) is 9.00 Å². The number of benzene rings is 2. The van der Waals surface area contributed by atoms with Gasteiger partial charge in [-0.2, -0.15) is 5.10 Å². The third-order valence-electron chi connectivity index (χ3n) is 4.40. The van der Waals surface area contributed by atoms with Crippen molar-refractivity contribution in [2.75, 3.05) is 20.4 Å². The lowest BCUT2D eigenvalue weighted by molar-refractivity contribution is 0.404. The maximum Gasteiger partial charge on any atom is 0.176 e. The zero-order valence-electron chi connectivity index (χ0n) is 16.6. The van der Waals surface area contributed by atoms with Crippen LogP contribution in [0.3, 0.4) is 0 Å². The quantitative estimate of drug-likeness (QED) is 0.324. The van der Waals surface area contributed by atoms with Crippen molar-refractivity contribution in [3.8, 4) is 17.1 Å². The first-order valence-electron chi connectivity index (χ1n) is 8.84. The van der Waals surface area contributed by atoms with Crippen molar-refractivity contribution < 1.29 is 13.7 Å². The molecule has 0 spiro atoms. The van der Waals surface area contributed by atoms with E-state index in [0.717, 1.165) is 33.5 Å². The number of hydrogen-bond acceptors (Lipinski definition) is 7. The SMILES string of the molecule is CN/N=C(/c1ccc2nc(-c3ccc(S(C)=O)c(OC)c3)[nH]c2c1)C(C)SC=O. The average Bonchev–Trinajstić information content (AvgIpc) is 3.14. The van der Waals surface area contributed by atoms with Gasteiger partial charge in [0.25, 0.3) is 0 Å². The molecule has 7 nitrogen and oxygen atoms in total. The molecule has 0 aliphatic rings. The monoisotopic (exact) mass is 430 g/mol. The van der Waals surface area contributed by atoms with Crippen LogP contribution in [0, 0.1) is 0 Å². The van der Waals surface area contributed by atoms with E-state index < -0.39 is 10.8 Å². The van der Waals surface area contributed by atoms with Crippen LogP contribution >= 0.6 is 11.8 Å². The van der Waals surface area contributed by atoms with Crippen LogP contribution in [-0.4, -0.2) is 51.2 Å². The molecule has 0 aliphatic carbocycles. The van der Waals surface area contributed by atoms with E-state index in [1.54, 1.807) is 26.5 Å². The first-order valence-corrected chi connectivity index (χ1v) is 11.3. The molecule has 3 aromatic rings. The van der Waals surface area contributed by atoms with Gasteiger partial charge in [0.1, 0.15) is 11.6 Å². The van der Waals surface area contributed by atoms with Gasteiger partial charge < -0.3 is 15.1 Å². The number of H-pyrrole nitrogens is 1. The molecule has 29 heavy (non-hydrogen) atoms. The highest BCUT2D eigenvalue weighted by Crippen LogP contribution is 2.29. The summed E-state index contributed by atoms with van der Waals surface area (Å²) in [5.41, 5.74) is 7.81. The number of carbonyl (C=O) groups is 1. The molecular formula is C20H22N4O3S2. The number of methoxy groups -OCH3 is 1. The number of fused-ring (bicyclic) bond motifs is 1. The van der Waals surface area contributed by atoms with Crippen molar-refractivity contribution in [1.82, 2.24) is 15.4 Å². The molecule has 1 heterocycles. The van der Waals surface area contributed by atoms with E-state index in [2.05, 4.69) is 20.5 Å². The molecule has 0 saturated carbocycles. The van der Waals surface area contributed by atoms with Gasteiger partial charge in [-0.15, -0.1) is 0 Å². The zero-order chi connectivity index (χ0) is 21.0. The van der Waals surface area contributed by atoms with Crippen LogP contribution in [0.5, 0.6) is 5.75 Å². The predicted molar refractivity (Wildman–Crippen MR) is 120 cm³/mol. The van der Waals surface area contributed by atoms with Gasteiger partial charge in [-0.1, -0.05) is 17.8 Å². The van der Waals surface area contributed by atoms with Gasteiger partial charge in [-0.05, 0) is 37.3 Å². The van der Waals surface area contributed by atoms with Gasteiger partial charge >= 0.3 is 0 Å². The van der Waals surface area contributed by atoms with Gasteiger partial charge in [0, 0.05) is 24.4 Å². The molecule has 2 aromatic carbocycles. The number of imidazole rings is 1. The number of nitrogens with one attached hydrogen (secondary N) is 2. The number of carbonyl (C=O) groups excluding carboxylic acids is 1. The fourth-order valence-electron chi connectivity index (χ4n) is 3.02. The van der Waals surface area contributed by atoms with Crippen molar-refractivity contribution in [1.29, 1.82) is 0 Å². The molecule has 0 bridgehead atoms. The number of hydrogen-bond donors (Lipinski definition) is 2. The topological polar surface area (TPSA) is 96.4 Å². The summed E-state index contributed by atoms with van der Waals surface area (Å²) < 4.78 is 17.2. The number of thioether (sulfide) groups is 1. The lowest BCUT2D eigenvalue weighted by Crippen LogP contribution is -2.18.